The van der Waals surface area contributed by atoms with E-state index in [4.69, 9.17) is 10.5 Å². The lowest BCUT2D eigenvalue weighted by Gasteiger charge is -2.11. The molecule has 3 aromatic rings. The third-order valence-electron chi connectivity index (χ3n) is 4.50. The van der Waals surface area contributed by atoms with Gasteiger partial charge in [-0.1, -0.05) is 0 Å². The van der Waals surface area contributed by atoms with Gasteiger partial charge in [-0.25, -0.2) is 4.98 Å². The summed E-state index contributed by atoms with van der Waals surface area (Å²) in [6, 6.07) is 1.94. The Hall–Kier alpha value is -3.40. The number of hydrogen-bond donors (Lipinski definition) is 3. The molecule has 160 valence electrons. The van der Waals surface area contributed by atoms with E-state index in [0.29, 0.717) is 24.9 Å². The molecule has 0 spiro atoms. The average molecular weight is 412 g/mol. The second kappa shape index (κ2) is 10.4. The molecule has 0 aliphatic carbocycles. The SMILES string of the molecule is COCCCCCNc1nc(Nc2ccn(Cc3cnn(C)c3)c2)ncc1C(N)=O. The molecule has 0 saturated carbocycles. The number of methoxy groups -OCH3 is 1. The quantitative estimate of drug-likeness (QED) is 0.389. The first-order chi connectivity index (χ1) is 14.5. The van der Waals surface area contributed by atoms with Crippen LogP contribution in [0.1, 0.15) is 35.2 Å². The summed E-state index contributed by atoms with van der Waals surface area (Å²) in [6.07, 6.45) is 12.1. The van der Waals surface area contributed by atoms with Gasteiger partial charge in [0.2, 0.25) is 5.95 Å². The third kappa shape index (κ3) is 6.05. The van der Waals surface area contributed by atoms with Gasteiger partial charge >= 0.3 is 0 Å². The fourth-order valence-corrected chi connectivity index (χ4v) is 3.02. The van der Waals surface area contributed by atoms with E-state index in [1.165, 1.54) is 6.20 Å². The molecule has 0 aliphatic heterocycles. The fraction of sp³-hybridized carbons (Fsp3) is 0.400. The van der Waals surface area contributed by atoms with Gasteiger partial charge in [-0.2, -0.15) is 10.1 Å². The lowest BCUT2D eigenvalue weighted by molar-refractivity contribution is 0.100. The third-order valence-corrected chi connectivity index (χ3v) is 4.50. The van der Waals surface area contributed by atoms with E-state index in [-0.39, 0.29) is 5.56 Å². The molecule has 0 unspecified atom stereocenters. The number of hydrogen-bond acceptors (Lipinski definition) is 7. The van der Waals surface area contributed by atoms with Crippen LogP contribution in [-0.2, 0) is 18.3 Å². The van der Waals surface area contributed by atoms with E-state index in [0.717, 1.165) is 37.1 Å². The van der Waals surface area contributed by atoms with Crippen LogP contribution in [0.2, 0.25) is 0 Å². The molecule has 3 aromatic heterocycles. The number of nitrogens with zero attached hydrogens (tertiary/aromatic N) is 5. The number of primary amides is 1. The molecule has 10 nitrogen and oxygen atoms in total. The number of carbonyl (C=O) groups excluding carboxylic acids is 1. The average Bonchev–Trinajstić information content (AvgIpc) is 3.33. The van der Waals surface area contributed by atoms with Crippen molar-refractivity contribution in [2.24, 2.45) is 12.8 Å². The standard InChI is InChI=1S/C20H28N8O2/c1-27-12-15(10-24-27)13-28-8-6-16(14-28)25-20-23-11-17(18(21)29)19(26-20)22-7-4-3-5-9-30-2/h6,8,10-12,14H,3-5,7,9,13H2,1-2H3,(H2,21,29)(H2,22,23,25,26). The zero-order valence-electron chi connectivity index (χ0n) is 17.3. The minimum Gasteiger partial charge on any atom is -0.385 e. The van der Waals surface area contributed by atoms with E-state index in [2.05, 4.69) is 25.7 Å². The number of anilines is 3. The Kier molecular flexibility index (Phi) is 7.39. The van der Waals surface area contributed by atoms with E-state index in [9.17, 15) is 4.79 Å². The van der Waals surface area contributed by atoms with Gasteiger partial charge in [0, 0.05) is 57.7 Å². The maximum Gasteiger partial charge on any atom is 0.254 e. The number of rotatable bonds is 12. The van der Waals surface area contributed by atoms with Crippen molar-refractivity contribution in [3.63, 3.8) is 0 Å². The van der Waals surface area contributed by atoms with Gasteiger partial charge in [0.15, 0.2) is 0 Å². The van der Waals surface area contributed by atoms with Crippen LogP contribution in [0.3, 0.4) is 0 Å². The minimum atomic E-state index is -0.564. The maximum absolute atomic E-state index is 11.7. The van der Waals surface area contributed by atoms with Crippen molar-refractivity contribution in [2.45, 2.75) is 25.8 Å². The lowest BCUT2D eigenvalue weighted by atomic mass is 10.2. The normalized spacial score (nSPS) is 10.9. The molecule has 0 aromatic carbocycles. The molecule has 0 atom stereocenters. The largest absolute Gasteiger partial charge is 0.385 e. The number of unbranched alkanes of at least 4 members (excludes halogenated alkanes) is 2. The molecule has 0 saturated heterocycles. The van der Waals surface area contributed by atoms with Crippen LogP contribution < -0.4 is 16.4 Å². The number of nitrogens with one attached hydrogen (secondary N) is 2. The molecule has 0 radical (unpaired) electrons. The van der Waals surface area contributed by atoms with Gasteiger partial charge in [0.25, 0.3) is 5.91 Å². The fourth-order valence-electron chi connectivity index (χ4n) is 3.02. The summed E-state index contributed by atoms with van der Waals surface area (Å²) < 4.78 is 8.86. The summed E-state index contributed by atoms with van der Waals surface area (Å²) in [7, 11) is 3.59. The van der Waals surface area contributed by atoms with Crippen molar-refractivity contribution in [3.05, 3.63) is 48.2 Å². The zero-order chi connectivity index (χ0) is 21.3. The smallest absolute Gasteiger partial charge is 0.254 e. The van der Waals surface area contributed by atoms with Gasteiger partial charge in [0.05, 0.1) is 24.0 Å². The van der Waals surface area contributed by atoms with Crippen LogP contribution in [0.25, 0.3) is 0 Å². The van der Waals surface area contributed by atoms with Gasteiger partial charge in [-0.05, 0) is 25.3 Å². The van der Waals surface area contributed by atoms with Crippen LogP contribution in [-0.4, -0.2) is 50.5 Å². The van der Waals surface area contributed by atoms with Gasteiger partial charge in [0.1, 0.15) is 5.82 Å². The highest BCUT2D eigenvalue weighted by atomic mass is 16.5. The first kappa shape index (κ1) is 21.3. The Balaban J connectivity index is 1.62. The number of ether oxygens (including phenoxy) is 1. The topological polar surface area (TPSA) is 125 Å². The van der Waals surface area contributed by atoms with Crippen molar-refractivity contribution < 1.29 is 9.53 Å². The van der Waals surface area contributed by atoms with Crippen LogP contribution in [0.4, 0.5) is 17.5 Å². The molecule has 4 N–H and O–H groups in total. The lowest BCUT2D eigenvalue weighted by Crippen LogP contribution is -2.17. The van der Waals surface area contributed by atoms with Gasteiger partial charge in [-0.3, -0.25) is 9.48 Å². The Morgan fingerprint density at radius 2 is 2.10 bits per heavy atom. The number of amides is 1. The van der Waals surface area contributed by atoms with Gasteiger partial charge < -0.3 is 25.7 Å². The summed E-state index contributed by atoms with van der Waals surface area (Å²) in [6.45, 7) is 2.14. The van der Waals surface area contributed by atoms with E-state index in [1.54, 1.807) is 11.8 Å². The molecular formula is C20H28N8O2. The highest BCUT2D eigenvalue weighted by Crippen LogP contribution is 2.18. The predicted octanol–water partition coefficient (Wildman–Crippen LogP) is 2.13. The second-order valence-corrected chi connectivity index (χ2v) is 7.02. The number of nitrogens with two attached hydrogens (primary N) is 1. The Morgan fingerprint density at radius 1 is 1.23 bits per heavy atom. The highest BCUT2D eigenvalue weighted by molar-refractivity contribution is 5.97. The first-order valence-corrected chi connectivity index (χ1v) is 9.85. The van der Waals surface area contributed by atoms with Gasteiger partial charge in [-0.15, -0.1) is 0 Å². The summed E-state index contributed by atoms with van der Waals surface area (Å²) in [5.74, 6) is 0.258. The summed E-state index contributed by atoms with van der Waals surface area (Å²) in [5.41, 5.74) is 7.68. The Bertz CT molecular complexity index is 965. The molecule has 30 heavy (non-hydrogen) atoms. The first-order valence-electron chi connectivity index (χ1n) is 9.85. The second-order valence-electron chi connectivity index (χ2n) is 7.02. The summed E-state index contributed by atoms with van der Waals surface area (Å²) in [5, 5.41) is 10.5. The number of aromatic nitrogens is 5. The maximum atomic E-state index is 11.7. The predicted molar refractivity (Wildman–Crippen MR) is 115 cm³/mol. The Labute approximate surface area is 175 Å². The molecular weight excluding hydrogens is 384 g/mol. The minimum absolute atomic E-state index is 0.270. The van der Waals surface area contributed by atoms with Crippen LogP contribution in [0, 0.1) is 0 Å². The van der Waals surface area contributed by atoms with Crippen molar-refractivity contribution >= 4 is 23.4 Å². The number of carbonyl (C=O) groups is 1. The number of aryl methyl sites for hydroxylation is 1. The highest BCUT2D eigenvalue weighted by Gasteiger charge is 2.12. The molecule has 1 amide bonds. The van der Waals surface area contributed by atoms with E-state index in [1.807, 2.05) is 42.5 Å². The summed E-state index contributed by atoms with van der Waals surface area (Å²) >= 11 is 0. The van der Waals surface area contributed by atoms with Crippen LogP contribution >= 0.6 is 0 Å². The van der Waals surface area contributed by atoms with Crippen molar-refractivity contribution in [3.8, 4) is 0 Å². The van der Waals surface area contributed by atoms with E-state index < -0.39 is 5.91 Å². The van der Waals surface area contributed by atoms with Crippen molar-refractivity contribution in [1.29, 1.82) is 0 Å². The molecule has 0 bridgehead atoms. The molecule has 0 aliphatic rings. The molecule has 3 rings (SSSR count). The monoisotopic (exact) mass is 412 g/mol. The molecule has 3 heterocycles. The summed E-state index contributed by atoms with van der Waals surface area (Å²) in [4.78, 5) is 20.4. The molecule has 10 heteroatoms. The molecule has 0 fully saturated rings. The van der Waals surface area contributed by atoms with E-state index >= 15 is 0 Å². The van der Waals surface area contributed by atoms with Crippen LogP contribution in [0.5, 0.6) is 0 Å². The zero-order valence-corrected chi connectivity index (χ0v) is 17.3. The van der Waals surface area contributed by atoms with Crippen LogP contribution in [0.15, 0.2) is 37.1 Å². The Morgan fingerprint density at radius 3 is 2.83 bits per heavy atom. The van der Waals surface area contributed by atoms with Crippen molar-refractivity contribution in [2.75, 3.05) is 30.9 Å². The van der Waals surface area contributed by atoms with Crippen molar-refractivity contribution in [1.82, 2.24) is 24.3 Å².